The summed E-state index contributed by atoms with van der Waals surface area (Å²) in [6.45, 7) is 3.25. The molecule has 1 fully saturated rings. The molecule has 0 aliphatic carbocycles. The molecule has 6 heteroatoms. The number of carbonyl (C=O) groups is 2. The molecule has 1 aromatic carbocycles. The maximum atomic E-state index is 13.7. The average Bonchev–Trinajstić information content (AvgIpc) is 2.89. The first-order valence-electron chi connectivity index (χ1n) is 7.55. The van der Waals surface area contributed by atoms with Crippen LogP contribution < -0.4 is 0 Å². The van der Waals surface area contributed by atoms with Crippen LogP contribution in [0.5, 0.6) is 0 Å². The van der Waals surface area contributed by atoms with Gasteiger partial charge in [0.1, 0.15) is 11.6 Å². The van der Waals surface area contributed by atoms with E-state index in [1.165, 1.54) is 17.0 Å². The summed E-state index contributed by atoms with van der Waals surface area (Å²) in [5.74, 6) is -1.52. The SMILES string of the molecule is CC(=CC(=O)N(C)CCN1CCCC1=O)c1ccc(F)cc1F. The fraction of sp³-hybridized carbons (Fsp3) is 0.412. The molecule has 2 rings (SSSR count). The highest BCUT2D eigenvalue weighted by atomic mass is 19.1. The van der Waals surface area contributed by atoms with Crippen LogP contribution >= 0.6 is 0 Å². The van der Waals surface area contributed by atoms with E-state index in [0.717, 1.165) is 25.1 Å². The zero-order valence-electron chi connectivity index (χ0n) is 13.3. The molecule has 0 saturated carbocycles. The number of nitrogens with zero attached hydrogens (tertiary/aromatic N) is 2. The Bertz CT molecular complexity index is 643. The third-order valence-corrected chi connectivity index (χ3v) is 3.95. The van der Waals surface area contributed by atoms with E-state index < -0.39 is 11.6 Å². The second-order valence-electron chi connectivity index (χ2n) is 5.70. The Morgan fingerprint density at radius 3 is 2.74 bits per heavy atom. The first kappa shape index (κ1) is 17.1. The van der Waals surface area contributed by atoms with Gasteiger partial charge in [0, 0.05) is 50.8 Å². The van der Waals surface area contributed by atoms with Crippen molar-refractivity contribution in [2.24, 2.45) is 0 Å². The fourth-order valence-corrected chi connectivity index (χ4v) is 2.50. The third kappa shape index (κ3) is 4.37. The summed E-state index contributed by atoms with van der Waals surface area (Å²) in [5.41, 5.74) is 0.625. The van der Waals surface area contributed by atoms with Gasteiger partial charge < -0.3 is 9.80 Å². The topological polar surface area (TPSA) is 40.6 Å². The lowest BCUT2D eigenvalue weighted by atomic mass is 10.1. The lowest BCUT2D eigenvalue weighted by Gasteiger charge is -2.21. The molecule has 1 aliphatic rings. The van der Waals surface area contributed by atoms with Crippen LogP contribution in [-0.4, -0.2) is 48.3 Å². The van der Waals surface area contributed by atoms with Crippen LogP contribution in [0.25, 0.3) is 5.57 Å². The summed E-state index contributed by atoms with van der Waals surface area (Å²) in [6.07, 6.45) is 2.75. The van der Waals surface area contributed by atoms with Crippen molar-refractivity contribution in [3.8, 4) is 0 Å². The Hall–Kier alpha value is -2.24. The summed E-state index contributed by atoms with van der Waals surface area (Å²) < 4.78 is 26.6. The molecule has 4 nitrogen and oxygen atoms in total. The molecule has 0 atom stereocenters. The Labute approximate surface area is 134 Å². The van der Waals surface area contributed by atoms with E-state index in [9.17, 15) is 18.4 Å². The minimum atomic E-state index is -0.697. The quantitative estimate of drug-likeness (QED) is 0.781. The highest BCUT2D eigenvalue weighted by molar-refractivity contribution is 5.94. The molecule has 1 heterocycles. The van der Waals surface area contributed by atoms with Gasteiger partial charge in [-0.05, 0) is 31.1 Å². The van der Waals surface area contributed by atoms with E-state index in [2.05, 4.69) is 0 Å². The molecule has 0 bridgehead atoms. The Kier molecular flexibility index (Phi) is 5.47. The Morgan fingerprint density at radius 2 is 2.13 bits per heavy atom. The molecule has 23 heavy (non-hydrogen) atoms. The summed E-state index contributed by atoms with van der Waals surface area (Å²) in [5, 5.41) is 0. The zero-order valence-corrected chi connectivity index (χ0v) is 13.3. The molecular formula is C17H20F2N2O2. The van der Waals surface area contributed by atoms with Crippen LogP contribution in [0.4, 0.5) is 8.78 Å². The van der Waals surface area contributed by atoms with Crippen molar-refractivity contribution < 1.29 is 18.4 Å². The molecule has 1 aliphatic heterocycles. The second kappa shape index (κ2) is 7.35. The van der Waals surface area contributed by atoms with Gasteiger partial charge >= 0.3 is 0 Å². The smallest absolute Gasteiger partial charge is 0.246 e. The van der Waals surface area contributed by atoms with Crippen LogP contribution in [0.3, 0.4) is 0 Å². The van der Waals surface area contributed by atoms with Crippen LogP contribution in [0.15, 0.2) is 24.3 Å². The number of allylic oxidation sites excluding steroid dienone is 1. The van der Waals surface area contributed by atoms with Crippen molar-refractivity contribution in [2.45, 2.75) is 19.8 Å². The first-order chi connectivity index (χ1) is 10.9. The van der Waals surface area contributed by atoms with Crippen LogP contribution in [-0.2, 0) is 9.59 Å². The maximum absolute atomic E-state index is 13.7. The molecule has 0 spiro atoms. The van der Waals surface area contributed by atoms with E-state index in [1.807, 2.05) is 0 Å². The first-order valence-corrected chi connectivity index (χ1v) is 7.55. The molecule has 124 valence electrons. The number of amides is 2. The molecule has 0 aromatic heterocycles. The monoisotopic (exact) mass is 322 g/mol. The van der Waals surface area contributed by atoms with Gasteiger partial charge in [0.25, 0.3) is 0 Å². The molecule has 0 unspecified atom stereocenters. The molecule has 0 radical (unpaired) electrons. The van der Waals surface area contributed by atoms with Gasteiger partial charge in [0.15, 0.2) is 0 Å². The molecule has 1 aromatic rings. The van der Waals surface area contributed by atoms with Gasteiger partial charge in [-0.2, -0.15) is 0 Å². The summed E-state index contributed by atoms with van der Waals surface area (Å²) >= 11 is 0. The van der Waals surface area contributed by atoms with Gasteiger partial charge in [0.05, 0.1) is 0 Å². The van der Waals surface area contributed by atoms with E-state index in [1.54, 1.807) is 18.9 Å². The fourth-order valence-electron chi connectivity index (χ4n) is 2.50. The predicted molar refractivity (Wildman–Crippen MR) is 83.5 cm³/mol. The van der Waals surface area contributed by atoms with Crippen LogP contribution in [0.2, 0.25) is 0 Å². The third-order valence-electron chi connectivity index (χ3n) is 3.95. The minimum Gasteiger partial charge on any atom is -0.341 e. The number of hydrogen-bond acceptors (Lipinski definition) is 2. The van der Waals surface area contributed by atoms with Crippen molar-refractivity contribution in [3.05, 3.63) is 41.5 Å². The van der Waals surface area contributed by atoms with Crippen molar-refractivity contribution in [1.29, 1.82) is 0 Å². The van der Waals surface area contributed by atoms with Gasteiger partial charge in [-0.25, -0.2) is 8.78 Å². The minimum absolute atomic E-state index is 0.117. The second-order valence-corrected chi connectivity index (χ2v) is 5.70. The number of rotatable bonds is 5. The van der Waals surface area contributed by atoms with Gasteiger partial charge in [-0.15, -0.1) is 0 Å². The van der Waals surface area contributed by atoms with Gasteiger partial charge in [0.2, 0.25) is 11.8 Å². The number of likely N-dealkylation sites (N-methyl/N-ethyl adjacent to an activating group) is 1. The number of likely N-dealkylation sites (tertiary alicyclic amines) is 1. The Balaban J connectivity index is 1.97. The standard InChI is InChI=1S/C17H20F2N2O2/c1-12(14-6-5-13(18)11-15(14)19)10-17(23)20(2)8-9-21-7-3-4-16(21)22/h5-6,10-11H,3-4,7-9H2,1-2H3. The van der Waals surface area contributed by atoms with Crippen molar-refractivity contribution in [2.75, 3.05) is 26.7 Å². The number of halogens is 2. The number of benzene rings is 1. The lowest BCUT2D eigenvalue weighted by Crippen LogP contribution is -2.36. The van der Waals surface area contributed by atoms with Crippen LogP contribution in [0.1, 0.15) is 25.3 Å². The highest BCUT2D eigenvalue weighted by Gasteiger charge is 2.20. The average molecular weight is 322 g/mol. The largest absolute Gasteiger partial charge is 0.341 e. The normalized spacial score (nSPS) is 15.2. The molecule has 2 amide bonds. The maximum Gasteiger partial charge on any atom is 0.246 e. The number of hydrogen-bond donors (Lipinski definition) is 0. The Morgan fingerprint density at radius 1 is 1.39 bits per heavy atom. The predicted octanol–water partition coefficient (Wildman–Crippen LogP) is 2.45. The zero-order chi connectivity index (χ0) is 17.0. The molecule has 1 saturated heterocycles. The van der Waals surface area contributed by atoms with E-state index in [4.69, 9.17) is 0 Å². The van der Waals surface area contributed by atoms with E-state index in [0.29, 0.717) is 25.1 Å². The summed E-state index contributed by atoms with van der Waals surface area (Å²) in [4.78, 5) is 26.9. The molecule has 0 N–H and O–H groups in total. The van der Waals surface area contributed by atoms with Gasteiger partial charge in [-0.3, -0.25) is 9.59 Å². The van der Waals surface area contributed by atoms with Crippen LogP contribution in [0, 0.1) is 11.6 Å². The van der Waals surface area contributed by atoms with Gasteiger partial charge in [-0.1, -0.05) is 0 Å². The lowest BCUT2D eigenvalue weighted by molar-refractivity contribution is -0.130. The summed E-state index contributed by atoms with van der Waals surface area (Å²) in [6, 6.07) is 3.26. The van der Waals surface area contributed by atoms with Crippen molar-refractivity contribution >= 4 is 17.4 Å². The van der Waals surface area contributed by atoms with Crippen molar-refractivity contribution in [1.82, 2.24) is 9.80 Å². The van der Waals surface area contributed by atoms with Crippen molar-refractivity contribution in [3.63, 3.8) is 0 Å². The highest BCUT2D eigenvalue weighted by Crippen LogP contribution is 2.19. The van der Waals surface area contributed by atoms with E-state index >= 15 is 0 Å². The summed E-state index contributed by atoms with van der Waals surface area (Å²) in [7, 11) is 1.63. The van der Waals surface area contributed by atoms with E-state index in [-0.39, 0.29) is 17.4 Å². The number of carbonyl (C=O) groups excluding carboxylic acids is 2. The molecular weight excluding hydrogens is 302 g/mol.